The van der Waals surface area contributed by atoms with Gasteiger partial charge < -0.3 is 5.73 Å². The van der Waals surface area contributed by atoms with E-state index in [2.05, 4.69) is 6.92 Å². The van der Waals surface area contributed by atoms with E-state index >= 15 is 0 Å². The molecule has 0 heterocycles. The van der Waals surface area contributed by atoms with Crippen LogP contribution in [0.5, 0.6) is 0 Å². The van der Waals surface area contributed by atoms with E-state index in [9.17, 15) is 0 Å². The molecule has 0 saturated heterocycles. The number of hydrogen-bond acceptors (Lipinski definition) is 1. The second kappa shape index (κ2) is 11.1. The molecule has 0 atom stereocenters. The molecule has 0 aromatic rings. The van der Waals surface area contributed by atoms with Crippen LogP contribution >= 0.6 is 0 Å². The second-order valence-corrected chi connectivity index (χ2v) is 1.85. The molecule has 2 heteroatoms. The molecule has 0 amide bonds. The summed E-state index contributed by atoms with van der Waals surface area (Å²) >= 11 is 0. The van der Waals surface area contributed by atoms with Gasteiger partial charge in [0, 0.05) is 39.9 Å². The first-order chi connectivity index (χ1) is 3.41. The van der Waals surface area contributed by atoms with Gasteiger partial charge in [-0.25, -0.2) is 0 Å². The largest absolute Gasteiger partial charge is 0.330 e. The van der Waals surface area contributed by atoms with Gasteiger partial charge in [0.25, 0.3) is 0 Å². The van der Waals surface area contributed by atoms with E-state index in [0.29, 0.717) is 0 Å². The van der Waals surface area contributed by atoms with Crippen molar-refractivity contribution in [2.24, 2.45) is 5.73 Å². The predicted octanol–water partition coefficient (Wildman–Crippen LogP) is 1.53. The Morgan fingerprint density at radius 2 is 1.75 bits per heavy atom. The summed E-state index contributed by atoms with van der Waals surface area (Å²) in [5, 5.41) is 0. The Kier molecular flexibility index (Phi) is 16.7. The van der Waals surface area contributed by atoms with Crippen molar-refractivity contribution in [1.82, 2.24) is 0 Å². The number of rotatable bonds is 4. The average molecular weight is 258 g/mol. The minimum Gasteiger partial charge on any atom is -0.330 e. The molecule has 0 aliphatic carbocycles. The molecule has 0 saturated carbocycles. The van der Waals surface area contributed by atoms with E-state index in [1.165, 1.54) is 25.7 Å². The third kappa shape index (κ3) is 10.3. The molecular weight excluding hydrogens is 243 g/mol. The van der Waals surface area contributed by atoms with E-state index in [-0.39, 0.29) is 39.9 Å². The van der Waals surface area contributed by atoms with Crippen LogP contribution in [-0.4, -0.2) is 6.54 Å². The maximum absolute atomic E-state index is 5.27. The smallest absolute Gasteiger partial charge is 0 e. The molecule has 0 radical (unpaired) electrons. The van der Waals surface area contributed by atoms with Crippen LogP contribution < -0.4 is 5.73 Å². The zero-order valence-electron chi connectivity index (χ0n) is 5.47. The summed E-state index contributed by atoms with van der Waals surface area (Å²) in [6, 6.07) is 0. The van der Waals surface area contributed by atoms with Crippen molar-refractivity contribution in [3.63, 3.8) is 0 Å². The molecule has 52 valence electrons. The predicted molar refractivity (Wildman–Crippen MR) is 33.2 cm³/mol. The van der Waals surface area contributed by atoms with Crippen LogP contribution in [-0.2, 0) is 0 Å². The summed E-state index contributed by atoms with van der Waals surface area (Å²) in [4.78, 5) is 0. The van der Waals surface area contributed by atoms with Crippen LogP contribution in [0, 0.1) is 39.9 Å². The zero-order chi connectivity index (χ0) is 5.54. The molecule has 0 aliphatic rings. The molecule has 1 nitrogen and oxygen atoms in total. The molecule has 0 aromatic carbocycles. The number of nitrogens with two attached hydrogens (primary N) is 1. The summed E-state index contributed by atoms with van der Waals surface area (Å²) in [5.74, 6) is 0. The monoisotopic (exact) mass is 259 g/mol. The van der Waals surface area contributed by atoms with Crippen molar-refractivity contribution in [3.8, 4) is 0 Å². The fourth-order valence-corrected chi connectivity index (χ4v) is 0.571. The van der Waals surface area contributed by atoms with Gasteiger partial charge in [-0.3, -0.25) is 0 Å². The van der Waals surface area contributed by atoms with Gasteiger partial charge in [0.1, 0.15) is 0 Å². The van der Waals surface area contributed by atoms with Gasteiger partial charge in [-0.05, 0) is 13.0 Å². The quantitative estimate of drug-likeness (QED) is 0.760. The summed E-state index contributed by atoms with van der Waals surface area (Å²) < 4.78 is 0. The molecule has 0 bridgehead atoms. The molecule has 0 unspecified atom stereocenters. The Bertz CT molecular complexity index is 27.7. The Morgan fingerprint density at radius 1 is 1.12 bits per heavy atom. The Hall–Kier alpha value is 1.28. The summed E-state index contributed by atoms with van der Waals surface area (Å²) in [6.45, 7) is 3.07. The van der Waals surface area contributed by atoms with E-state index in [0.717, 1.165) is 6.54 Å². The Labute approximate surface area is 84.1 Å². The van der Waals surface area contributed by atoms with Gasteiger partial charge in [0.15, 0.2) is 0 Å². The minimum absolute atomic E-state index is 0. The van der Waals surface area contributed by atoms with Crippen molar-refractivity contribution in [3.05, 3.63) is 0 Å². The number of unbranched alkanes of at least 4 members (excludes halogenated alkanes) is 3. The first-order valence-electron chi connectivity index (χ1n) is 3.12. The first-order valence-corrected chi connectivity index (χ1v) is 3.12. The van der Waals surface area contributed by atoms with Gasteiger partial charge in [0.2, 0.25) is 0 Å². The van der Waals surface area contributed by atoms with Crippen molar-refractivity contribution in [1.29, 1.82) is 0 Å². The third-order valence-electron chi connectivity index (χ3n) is 1.06. The molecule has 0 aliphatic heterocycles. The molecule has 0 spiro atoms. The molecule has 2 N–H and O–H groups in total. The maximum atomic E-state index is 5.27. The van der Waals surface area contributed by atoms with Gasteiger partial charge in [0.05, 0.1) is 0 Å². The van der Waals surface area contributed by atoms with Crippen LogP contribution in [0.15, 0.2) is 0 Å². The van der Waals surface area contributed by atoms with E-state index in [1.54, 1.807) is 0 Å². The Balaban J connectivity index is 0. The summed E-state index contributed by atoms with van der Waals surface area (Å²) in [7, 11) is 0. The summed E-state index contributed by atoms with van der Waals surface area (Å²) in [5.41, 5.74) is 5.27. The van der Waals surface area contributed by atoms with Crippen molar-refractivity contribution in [2.75, 3.05) is 6.54 Å². The second-order valence-electron chi connectivity index (χ2n) is 1.85. The van der Waals surface area contributed by atoms with Crippen molar-refractivity contribution in [2.45, 2.75) is 32.6 Å². The van der Waals surface area contributed by atoms with E-state index in [4.69, 9.17) is 5.73 Å². The minimum atomic E-state index is 0. The van der Waals surface area contributed by atoms with Crippen molar-refractivity contribution < 1.29 is 39.9 Å². The molecule has 8 heavy (non-hydrogen) atoms. The van der Waals surface area contributed by atoms with Crippen molar-refractivity contribution >= 4 is 0 Å². The number of hydrogen-bond donors (Lipinski definition) is 1. The fraction of sp³-hybridized carbons (Fsp3) is 1.00. The van der Waals surface area contributed by atoms with E-state index in [1.807, 2.05) is 0 Å². The average Bonchev–Trinajstić information content (AvgIpc) is 1.69. The van der Waals surface area contributed by atoms with Crippen LogP contribution in [0.4, 0.5) is 0 Å². The van der Waals surface area contributed by atoms with Gasteiger partial charge >= 0.3 is 0 Å². The molecule has 0 fully saturated rings. The Morgan fingerprint density at radius 3 is 2.12 bits per heavy atom. The maximum Gasteiger partial charge on any atom is 0 e. The van der Waals surface area contributed by atoms with Crippen LogP contribution in [0.1, 0.15) is 32.6 Å². The fourth-order valence-electron chi connectivity index (χ4n) is 0.571. The summed E-state index contributed by atoms with van der Waals surface area (Å²) in [6.07, 6.45) is 5.16. The topological polar surface area (TPSA) is 26.0 Å². The SMILES string of the molecule is CCCCCCN.[Gd]. The zero-order valence-corrected chi connectivity index (χ0v) is 7.73. The normalized spacial score (nSPS) is 8.25. The molecule has 0 rings (SSSR count). The van der Waals surface area contributed by atoms with Gasteiger partial charge in [-0.15, -0.1) is 0 Å². The van der Waals surface area contributed by atoms with Gasteiger partial charge in [-0.2, -0.15) is 0 Å². The van der Waals surface area contributed by atoms with Crippen LogP contribution in [0.2, 0.25) is 0 Å². The first kappa shape index (κ1) is 12.0. The van der Waals surface area contributed by atoms with E-state index < -0.39 is 0 Å². The molecular formula is C6H15GdN. The van der Waals surface area contributed by atoms with Gasteiger partial charge in [-0.1, -0.05) is 26.2 Å². The standard InChI is InChI=1S/C6H15N.Gd/c1-2-3-4-5-6-7;/h2-7H2,1H3;. The van der Waals surface area contributed by atoms with Crippen LogP contribution in [0.25, 0.3) is 0 Å². The van der Waals surface area contributed by atoms with Crippen LogP contribution in [0.3, 0.4) is 0 Å². The molecule has 0 aromatic heterocycles. The third-order valence-corrected chi connectivity index (χ3v) is 1.06.